The van der Waals surface area contributed by atoms with Gasteiger partial charge >= 0.3 is 0 Å². The maximum atomic E-state index is 11.4. The highest BCUT2D eigenvalue weighted by Gasteiger charge is 2.24. The number of methoxy groups -OCH3 is 1. The van der Waals surface area contributed by atoms with Crippen LogP contribution >= 0.6 is 0 Å². The molecule has 2 unspecified atom stereocenters. The van der Waals surface area contributed by atoms with E-state index >= 15 is 0 Å². The highest BCUT2D eigenvalue weighted by atomic mass is 16.5. The van der Waals surface area contributed by atoms with E-state index in [9.17, 15) is 9.90 Å². The Balaban J connectivity index is 2.17. The number of aliphatic hydroxyl groups is 1. The first-order chi connectivity index (χ1) is 9.61. The van der Waals surface area contributed by atoms with E-state index < -0.39 is 6.10 Å². The van der Waals surface area contributed by atoms with Gasteiger partial charge in [0, 0.05) is 5.56 Å². The summed E-state index contributed by atoms with van der Waals surface area (Å²) in [5.74, 6) is 1.11. The summed E-state index contributed by atoms with van der Waals surface area (Å²) in [7, 11) is 1.55. The highest BCUT2D eigenvalue weighted by Crippen LogP contribution is 2.31. The normalized spacial score (nSPS) is 22.9. The minimum atomic E-state index is -0.435. The van der Waals surface area contributed by atoms with Crippen molar-refractivity contribution in [3.63, 3.8) is 0 Å². The molecular weight excluding hydrogens is 256 g/mol. The number of hydrogen-bond acceptors (Lipinski definition) is 4. The van der Waals surface area contributed by atoms with Gasteiger partial charge in [0.1, 0.15) is 6.10 Å². The number of aliphatic hydroxyl groups excluding tert-OH is 1. The van der Waals surface area contributed by atoms with Crippen LogP contribution in [0.4, 0.5) is 0 Å². The number of carbonyl (C=O) groups excluding carboxylic acids is 1. The number of Topliss-reactive ketones (excluding diaryl/α,β-unsaturated/α-hetero) is 1. The summed E-state index contributed by atoms with van der Waals surface area (Å²) in [6.45, 7) is 1.52. The minimum absolute atomic E-state index is 0.00986. The average Bonchev–Trinajstić information content (AvgIpc) is 2.64. The fourth-order valence-electron chi connectivity index (χ4n) is 2.54. The predicted octanol–water partition coefficient (Wildman–Crippen LogP) is 2.97. The molecule has 2 rings (SSSR count). The van der Waals surface area contributed by atoms with Gasteiger partial charge in [-0.15, -0.1) is 0 Å². The predicted molar refractivity (Wildman–Crippen MR) is 76.5 cm³/mol. The lowest BCUT2D eigenvalue weighted by Gasteiger charge is -2.23. The van der Waals surface area contributed by atoms with Crippen molar-refractivity contribution < 1.29 is 19.4 Å². The molecule has 2 atom stereocenters. The van der Waals surface area contributed by atoms with Crippen molar-refractivity contribution in [2.75, 3.05) is 7.11 Å². The molecule has 0 aliphatic heterocycles. The van der Waals surface area contributed by atoms with Gasteiger partial charge in [-0.1, -0.05) is 12.8 Å². The van der Waals surface area contributed by atoms with Crippen LogP contribution in [0.2, 0.25) is 0 Å². The van der Waals surface area contributed by atoms with E-state index in [-0.39, 0.29) is 11.9 Å². The molecule has 1 aliphatic rings. The van der Waals surface area contributed by atoms with Crippen LogP contribution in [0.3, 0.4) is 0 Å². The fourth-order valence-corrected chi connectivity index (χ4v) is 2.54. The Kier molecular flexibility index (Phi) is 5.01. The standard InChI is InChI=1S/C16H22O4/c1-11(17)12-8-9-15(16(10-12)19-2)20-14-7-5-3-4-6-13(14)18/h8-10,13-14,18H,3-7H2,1-2H3. The van der Waals surface area contributed by atoms with E-state index in [1.54, 1.807) is 25.3 Å². The van der Waals surface area contributed by atoms with Crippen LogP contribution in [-0.2, 0) is 0 Å². The van der Waals surface area contributed by atoms with E-state index in [0.717, 1.165) is 32.1 Å². The van der Waals surface area contributed by atoms with Crippen LogP contribution in [0.5, 0.6) is 11.5 Å². The van der Waals surface area contributed by atoms with E-state index in [0.29, 0.717) is 17.1 Å². The molecule has 1 N–H and O–H groups in total. The summed E-state index contributed by atoms with van der Waals surface area (Å²) >= 11 is 0. The lowest BCUT2D eigenvalue weighted by Crippen LogP contribution is -2.30. The lowest BCUT2D eigenvalue weighted by atomic mass is 10.1. The lowest BCUT2D eigenvalue weighted by molar-refractivity contribution is 0.0305. The molecule has 0 aromatic heterocycles. The van der Waals surface area contributed by atoms with Crippen LogP contribution in [0.1, 0.15) is 49.4 Å². The van der Waals surface area contributed by atoms with Gasteiger partial charge in [0.05, 0.1) is 13.2 Å². The van der Waals surface area contributed by atoms with Crippen molar-refractivity contribution in [1.29, 1.82) is 0 Å². The zero-order valence-corrected chi connectivity index (χ0v) is 12.1. The molecular formula is C16H22O4. The molecule has 1 aromatic rings. The topological polar surface area (TPSA) is 55.8 Å². The summed E-state index contributed by atoms with van der Waals surface area (Å²) in [5.41, 5.74) is 0.593. The molecule has 0 spiro atoms. The van der Waals surface area contributed by atoms with Crippen LogP contribution in [0.15, 0.2) is 18.2 Å². The molecule has 0 saturated heterocycles. The molecule has 1 aliphatic carbocycles. The molecule has 0 amide bonds. The number of rotatable bonds is 4. The summed E-state index contributed by atoms with van der Waals surface area (Å²) in [4.78, 5) is 11.4. The summed E-state index contributed by atoms with van der Waals surface area (Å²) in [6.07, 6.45) is 4.23. The Labute approximate surface area is 119 Å². The van der Waals surface area contributed by atoms with E-state index in [4.69, 9.17) is 9.47 Å². The van der Waals surface area contributed by atoms with Gasteiger partial charge in [0.25, 0.3) is 0 Å². The molecule has 20 heavy (non-hydrogen) atoms. The summed E-state index contributed by atoms with van der Waals surface area (Å²) < 4.78 is 11.2. The second-order valence-corrected chi connectivity index (χ2v) is 5.28. The van der Waals surface area contributed by atoms with Crippen molar-refractivity contribution >= 4 is 5.78 Å². The number of carbonyl (C=O) groups is 1. The Morgan fingerprint density at radius 1 is 1.20 bits per heavy atom. The van der Waals surface area contributed by atoms with Gasteiger partial charge in [-0.3, -0.25) is 4.79 Å². The second kappa shape index (κ2) is 6.75. The molecule has 0 heterocycles. The Hall–Kier alpha value is -1.55. The first-order valence-corrected chi connectivity index (χ1v) is 7.15. The molecule has 110 valence electrons. The molecule has 1 saturated carbocycles. The first-order valence-electron chi connectivity index (χ1n) is 7.15. The molecule has 0 radical (unpaired) electrons. The maximum absolute atomic E-state index is 11.4. The van der Waals surface area contributed by atoms with Gasteiger partial charge in [-0.25, -0.2) is 0 Å². The van der Waals surface area contributed by atoms with Crippen molar-refractivity contribution in [2.45, 2.75) is 51.2 Å². The largest absolute Gasteiger partial charge is 0.493 e. The van der Waals surface area contributed by atoms with Crippen LogP contribution < -0.4 is 9.47 Å². The van der Waals surface area contributed by atoms with Gasteiger partial charge in [-0.05, 0) is 44.4 Å². The zero-order valence-electron chi connectivity index (χ0n) is 12.1. The van der Waals surface area contributed by atoms with Crippen molar-refractivity contribution in [2.24, 2.45) is 0 Å². The van der Waals surface area contributed by atoms with Gasteiger partial charge in [-0.2, -0.15) is 0 Å². The number of benzene rings is 1. The van der Waals surface area contributed by atoms with Gasteiger partial charge < -0.3 is 14.6 Å². The van der Waals surface area contributed by atoms with Crippen molar-refractivity contribution in [1.82, 2.24) is 0 Å². The molecule has 1 fully saturated rings. The maximum Gasteiger partial charge on any atom is 0.161 e. The second-order valence-electron chi connectivity index (χ2n) is 5.28. The summed E-state index contributed by atoms with van der Waals surface area (Å²) in [6, 6.07) is 5.15. The van der Waals surface area contributed by atoms with Crippen LogP contribution in [-0.4, -0.2) is 30.2 Å². The number of hydrogen-bond donors (Lipinski definition) is 1. The van der Waals surface area contributed by atoms with Crippen molar-refractivity contribution in [3.05, 3.63) is 23.8 Å². The number of ketones is 1. The highest BCUT2D eigenvalue weighted by molar-refractivity contribution is 5.94. The van der Waals surface area contributed by atoms with Crippen molar-refractivity contribution in [3.8, 4) is 11.5 Å². The van der Waals surface area contributed by atoms with E-state index in [1.165, 1.54) is 6.92 Å². The van der Waals surface area contributed by atoms with E-state index in [2.05, 4.69) is 0 Å². The molecule has 4 nitrogen and oxygen atoms in total. The smallest absolute Gasteiger partial charge is 0.161 e. The quantitative estimate of drug-likeness (QED) is 0.679. The third-order valence-electron chi connectivity index (χ3n) is 3.77. The third kappa shape index (κ3) is 3.51. The van der Waals surface area contributed by atoms with Crippen LogP contribution in [0.25, 0.3) is 0 Å². The summed E-state index contributed by atoms with van der Waals surface area (Å²) in [5, 5.41) is 10.1. The van der Waals surface area contributed by atoms with Crippen LogP contribution in [0, 0.1) is 0 Å². The van der Waals surface area contributed by atoms with E-state index in [1.807, 2.05) is 0 Å². The molecule has 1 aromatic carbocycles. The SMILES string of the molecule is COc1cc(C(C)=O)ccc1OC1CCCCCC1O. The number of ether oxygens (including phenoxy) is 2. The molecule has 0 bridgehead atoms. The first kappa shape index (κ1) is 14.9. The Morgan fingerprint density at radius 2 is 1.95 bits per heavy atom. The average molecular weight is 278 g/mol. The molecule has 4 heteroatoms. The zero-order chi connectivity index (χ0) is 14.5. The Morgan fingerprint density at radius 3 is 2.65 bits per heavy atom. The third-order valence-corrected chi connectivity index (χ3v) is 3.77. The minimum Gasteiger partial charge on any atom is -0.493 e. The Bertz CT molecular complexity index is 470. The van der Waals surface area contributed by atoms with Gasteiger partial charge in [0.15, 0.2) is 17.3 Å². The van der Waals surface area contributed by atoms with Gasteiger partial charge in [0.2, 0.25) is 0 Å². The monoisotopic (exact) mass is 278 g/mol. The fraction of sp³-hybridized carbons (Fsp3) is 0.562.